The van der Waals surface area contributed by atoms with Gasteiger partial charge in [0.2, 0.25) is 5.91 Å². The molecule has 1 aromatic rings. The summed E-state index contributed by atoms with van der Waals surface area (Å²) in [5.41, 5.74) is 9.67. The van der Waals surface area contributed by atoms with Crippen molar-refractivity contribution in [3.63, 3.8) is 0 Å². The van der Waals surface area contributed by atoms with E-state index in [1.54, 1.807) is 24.0 Å². The predicted molar refractivity (Wildman–Crippen MR) is 89.9 cm³/mol. The van der Waals surface area contributed by atoms with Gasteiger partial charge in [-0.05, 0) is 30.4 Å². The summed E-state index contributed by atoms with van der Waals surface area (Å²) in [7, 11) is 1.54. The highest BCUT2D eigenvalue weighted by molar-refractivity contribution is 6.42. The van der Waals surface area contributed by atoms with Crippen molar-refractivity contribution >= 4 is 29.1 Å². The number of piperidine rings is 1. The van der Waals surface area contributed by atoms with Crippen LogP contribution in [-0.4, -0.2) is 31.0 Å². The van der Waals surface area contributed by atoms with Crippen LogP contribution in [0.3, 0.4) is 0 Å². The van der Waals surface area contributed by atoms with Crippen LogP contribution in [0.1, 0.15) is 31.4 Å². The molecule has 124 valence electrons. The van der Waals surface area contributed by atoms with Crippen LogP contribution in [0.5, 0.6) is 5.75 Å². The van der Waals surface area contributed by atoms with Crippen LogP contribution in [0.25, 0.3) is 10.4 Å². The Bertz CT molecular complexity index is 639. The van der Waals surface area contributed by atoms with Gasteiger partial charge in [0.25, 0.3) is 0 Å². The topological polar surface area (TPSA) is 78.3 Å². The first-order valence-corrected chi connectivity index (χ1v) is 8.06. The van der Waals surface area contributed by atoms with Gasteiger partial charge in [0.05, 0.1) is 23.2 Å². The molecule has 1 amide bonds. The van der Waals surface area contributed by atoms with E-state index in [2.05, 4.69) is 10.0 Å². The van der Waals surface area contributed by atoms with Gasteiger partial charge in [0.15, 0.2) is 0 Å². The molecule has 0 aliphatic carbocycles. The van der Waals surface area contributed by atoms with Gasteiger partial charge in [-0.15, -0.1) is 0 Å². The van der Waals surface area contributed by atoms with Crippen molar-refractivity contribution < 1.29 is 9.53 Å². The Balaban J connectivity index is 2.31. The molecular weight excluding hydrogens is 339 g/mol. The fraction of sp³-hybridized carbons (Fsp3) is 0.533. The van der Waals surface area contributed by atoms with E-state index in [1.165, 1.54) is 7.11 Å². The number of amides is 1. The van der Waals surface area contributed by atoms with Crippen LogP contribution in [0, 0.1) is 5.92 Å². The second-order valence-electron chi connectivity index (χ2n) is 5.50. The number of hydrogen-bond donors (Lipinski definition) is 0. The summed E-state index contributed by atoms with van der Waals surface area (Å²) in [6.07, 6.45) is 1.51. The molecule has 1 heterocycles. The van der Waals surface area contributed by atoms with E-state index in [0.717, 1.165) is 18.4 Å². The lowest BCUT2D eigenvalue weighted by Gasteiger charge is -2.34. The first kappa shape index (κ1) is 17.7. The van der Waals surface area contributed by atoms with Gasteiger partial charge < -0.3 is 9.64 Å². The molecule has 0 radical (unpaired) electrons. The summed E-state index contributed by atoms with van der Waals surface area (Å²) < 4.78 is 5.37. The molecule has 23 heavy (non-hydrogen) atoms. The average Bonchev–Trinajstić information content (AvgIpc) is 2.55. The zero-order valence-corrected chi connectivity index (χ0v) is 14.5. The Hall–Kier alpha value is -1.62. The molecule has 0 spiro atoms. The maximum atomic E-state index is 11.4. The number of nitrogens with zero attached hydrogens (tertiary/aromatic N) is 4. The van der Waals surface area contributed by atoms with Crippen LogP contribution >= 0.6 is 23.2 Å². The molecule has 1 fully saturated rings. The molecule has 0 aromatic heterocycles. The summed E-state index contributed by atoms with van der Waals surface area (Å²) in [5, 5.41) is 4.74. The molecule has 2 rings (SSSR count). The Kier molecular flexibility index (Phi) is 5.99. The van der Waals surface area contributed by atoms with Gasteiger partial charge in [0, 0.05) is 36.6 Å². The third-order valence-electron chi connectivity index (χ3n) is 4.20. The first-order valence-electron chi connectivity index (χ1n) is 7.30. The summed E-state index contributed by atoms with van der Waals surface area (Å²) in [6.45, 7) is 2.87. The van der Waals surface area contributed by atoms with Gasteiger partial charge in [-0.3, -0.25) is 4.79 Å². The number of carbonyl (C=O) groups excluding carboxylic acids is 1. The third kappa shape index (κ3) is 4.02. The Morgan fingerprint density at radius 3 is 2.52 bits per heavy atom. The third-order valence-corrected chi connectivity index (χ3v) is 4.92. The van der Waals surface area contributed by atoms with Crippen molar-refractivity contribution in [2.24, 2.45) is 11.0 Å². The lowest BCUT2D eigenvalue weighted by atomic mass is 9.85. The van der Waals surface area contributed by atoms with E-state index < -0.39 is 6.04 Å². The molecule has 1 saturated heterocycles. The zero-order chi connectivity index (χ0) is 17.0. The summed E-state index contributed by atoms with van der Waals surface area (Å²) >= 11 is 12.1. The highest BCUT2D eigenvalue weighted by Crippen LogP contribution is 2.41. The van der Waals surface area contributed by atoms with Crippen molar-refractivity contribution in [3.8, 4) is 5.75 Å². The summed E-state index contributed by atoms with van der Waals surface area (Å²) in [6, 6.07) is 2.92. The Morgan fingerprint density at radius 2 is 2.00 bits per heavy atom. The maximum Gasteiger partial charge on any atom is 0.219 e. The van der Waals surface area contributed by atoms with Crippen LogP contribution in [0.15, 0.2) is 17.2 Å². The molecule has 1 aliphatic heterocycles. The van der Waals surface area contributed by atoms with E-state index in [4.69, 9.17) is 33.5 Å². The molecule has 1 aromatic carbocycles. The molecule has 1 atom stereocenters. The lowest BCUT2D eigenvalue weighted by Crippen LogP contribution is -2.38. The molecule has 1 aliphatic rings. The van der Waals surface area contributed by atoms with Gasteiger partial charge in [0.1, 0.15) is 5.75 Å². The number of hydrogen-bond acceptors (Lipinski definition) is 3. The Morgan fingerprint density at radius 1 is 1.39 bits per heavy atom. The number of likely N-dealkylation sites (tertiary alicyclic amines) is 1. The van der Waals surface area contributed by atoms with E-state index in [1.807, 2.05) is 0 Å². The van der Waals surface area contributed by atoms with E-state index in [-0.39, 0.29) is 11.8 Å². The van der Waals surface area contributed by atoms with Crippen molar-refractivity contribution in [2.45, 2.75) is 25.8 Å². The van der Waals surface area contributed by atoms with Crippen LogP contribution < -0.4 is 4.74 Å². The van der Waals surface area contributed by atoms with E-state index >= 15 is 0 Å². The second-order valence-corrected chi connectivity index (χ2v) is 6.32. The van der Waals surface area contributed by atoms with Crippen molar-refractivity contribution in [3.05, 3.63) is 38.2 Å². The molecule has 0 bridgehead atoms. The average molecular weight is 357 g/mol. The molecular formula is C15H18Cl2N4O2. The smallest absolute Gasteiger partial charge is 0.219 e. The fourth-order valence-electron chi connectivity index (χ4n) is 2.95. The van der Waals surface area contributed by atoms with Crippen LogP contribution in [-0.2, 0) is 4.79 Å². The minimum atomic E-state index is -0.404. The number of azide groups is 1. The normalized spacial score (nSPS) is 16.6. The SMILES string of the molecule is COc1cc(Cl)c(Cl)cc1C(N=[N+]=[N-])C1CCN(C(C)=O)CC1. The van der Waals surface area contributed by atoms with Gasteiger partial charge in [-0.25, -0.2) is 0 Å². The number of halogens is 2. The van der Waals surface area contributed by atoms with Crippen LogP contribution in [0.4, 0.5) is 0 Å². The summed E-state index contributed by atoms with van der Waals surface area (Å²) in [5.74, 6) is 0.731. The quantitative estimate of drug-likeness (QED) is 0.448. The highest BCUT2D eigenvalue weighted by Gasteiger charge is 2.30. The standard InChI is InChI=1S/C15H18Cl2N4O2/c1-9(22)21-5-3-10(4-6-21)15(19-20-18)11-7-12(16)13(17)8-14(11)23-2/h7-8,10,15H,3-6H2,1-2H3. The fourth-order valence-corrected chi connectivity index (χ4v) is 3.27. The predicted octanol–water partition coefficient (Wildman–Crippen LogP) is 4.61. The first-order chi connectivity index (χ1) is 11.0. The molecule has 0 N–H and O–H groups in total. The molecule has 0 saturated carbocycles. The van der Waals surface area contributed by atoms with Crippen LogP contribution in [0.2, 0.25) is 10.0 Å². The molecule has 1 unspecified atom stereocenters. The minimum absolute atomic E-state index is 0.0657. The van der Waals surface area contributed by atoms with E-state index in [0.29, 0.717) is 28.9 Å². The largest absolute Gasteiger partial charge is 0.496 e. The van der Waals surface area contributed by atoms with Crippen molar-refractivity contribution in [2.75, 3.05) is 20.2 Å². The highest BCUT2D eigenvalue weighted by atomic mass is 35.5. The number of ether oxygens (including phenoxy) is 1. The number of benzene rings is 1. The van der Waals surface area contributed by atoms with Crippen molar-refractivity contribution in [1.29, 1.82) is 0 Å². The lowest BCUT2D eigenvalue weighted by molar-refractivity contribution is -0.130. The minimum Gasteiger partial charge on any atom is -0.496 e. The van der Waals surface area contributed by atoms with Gasteiger partial charge in [-0.1, -0.05) is 28.3 Å². The maximum absolute atomic E-state index is 11.4. The van der Waals surface area contributed by atoms with Gasteiger partial charge >= 0.3 is 0 Å². The summed E-state index contributed by atoms with van der Waals surface area (Å²) in [4.78, 5) is 16.2. The monoisotopic (exact) mass is 356 g/mol. The molecule has 8 heteroatoms. The Labute approximate surface area is 144 Å². The van der Waals surface area contributed by atoms with Crippen molar-refractivity contribution in [1.82, 2.24) is 4.90 Å². The second kappa shape index (κ2) is 7.77. The number of rotatable bonds is 4. The van der Waals surface area contributed by atoms with E-state index in [9.17, 15) is 4.79 Å². The number of carbonyl (C=O) groups is 1. The van der Waals surface area contributed by atoms with Gasteiger partial charge in [-0.2, -0.15) is 0 Å². The molecule has 6 nitrogen and oxygen atoms in total. The number of methoxy groups -OCH3 is 1. The zero-order valence-electron chi connectivity index (χ0n) is 13.0.